The van der Waals surface area contributed by atoms with Crippen LogP contribution in [-0.2, 0) is 0 Å². The van der Waals surface area contributed by atoms with E-state index >= 15 is 0 Å². The first-order chi connectivity index (χ1) is 15.8. The molecule has 0 spiro atoms. The van der Waals surface area contributed by atoms with Gasteiger partial charge in [-0.3, -0.25) is 4.79 Å². The van der Waals surface area contributed by atoms with Crippen LogP contribution in [0.15, 0.2) is 48.5 Å². The molecule has 2 heterocycles. The summed E-state index contributed by atoms with van der Waals surface area (Å²) >= 11 is 0. The largest absolute Gasteiger partial charge is 0.334 e. The first-order valence-corrected chi connectivity index (χ1v) is 11.3. The highest BCUT2D eigenvalue weighted by atomic mass is 19.2. The Morgan fingerprint density at radius 1 is 1.06 bits per heavy atom. The monoisotopic (exact) mass is 452 g/mol. The minimum atomic E-state index is -0.935. The molecule has 1 atom stereocenters. The van der Waals surface area contributed by atoms with Crippen LogP contribution in [0, 0.1) is 11.6 Å². The summed E-state index contributed by atoms with van der Waals surface area (Å²) < 4.78 is 27.3. The second-order valence-corrected chi connectivity index (χ2v) is 9.06. The molecular weight excluding hydrogens is 422 g/mol. The molecule has 0 unspecified atom stereocenters. The van der Waals surface area contributed by atoms with Crippen molar-refractivity contribution < 1.29 is 13.6 Å². The molecule has 1 aliphatic rings. The van der Waals surface area contributed by atoms with Crippen LogP contribution >= 0.6 is 0 Å². The third-order valence-electron chi connectivity index (χ3n) is 6.25. The van der Waals surface area contributed by atoms with Gasteiger partial charge in [-0.05, 0) is 64.3 Å². The number of rotatable bonds is 7. The Labute approximate surface area is 193 Å². The molecule has 1 aromatic heterocycles. The summed E-state index contributed by atoms with van der Waals surface area (Å²) in [6, 6.07) is 13.0. The Morgan fingerprint density at radius 3 is 2.61 bits per heavy atom. The lowest BCUT2D eigenvalue weighted by Gasteiger charge is -2.29. The van der Waals surface area contributed by atoms with Crippen molar-refractivity contribution in [2.45, 2.75) is 18.9 Å². The van der Waals surface area contributed by atoms with Crippen molar-refractivity contribution >= 4 is 16.8 Å². The van der Waals surface area contributed by atoms with Crippen LogP contribution < -0.4 is 0 Å². The minimum absolute atomic E-state index is 0.0408. The normalized spacial score (nSPS) is 16.3. The van der Waals surface area contributed by atoms with Crippen LogP contribution in [-0.4, -0.2) is 79.0 Å². The van der Waals surface area contributed by atoms with Crippen LogP contribution in [0.3, 0.4) is 0 Å². The number of carbonyl (C=O) groups excluding carboxylic acids is 1. The standard InChI is InChI=1S/C26H30F2N4O/c1-30(2)13-14-31(3)17-19-7-6-12-32(19)26(33)21-16-25(18-10-11-22(27)23(28)15-18)29-24-9-5-4-8-20(21)24/h4-5,8-11,15-16,19H,6-7,12-14,17H2,1-3H3/t19-/m1/s1. The fraction of sp³-hybridized carbons (Fsp3) is 0.385. The Kier molecular flexibility index (Phi) is 7.00. The van der Waals surface area contributed by atoms with Crippen LogP contribution in [0.4, 0.5) is 8.78 Å². The number of halogens is 2. The summed E-state index contributed by atoms with van der Waals surface area (Å²) in [6.07, 6.45) is 1.94. The fourth-order valence-electron chi connectivity index (χ4n) is 4.43. The van der Waals surface area contributed by atoms with Gasteiger partial charge in [0, 0.05) is 43.2 Å². The zero-order chi connectivity index (χ0) is 23.5. The zero-order valence-corrected chi connectivity index (χ0v) is 19.4. The molecule has 0 aliphatic carbocycles. The predicted octanol–water partition coefficient (Wildman–Crippen LogP) is 4.28. The van der Waals surface area contributed by atoms with E-state index in [1.165, 1.54) is 6.07 Å². The molecular formula is C26H30F2N4O. The van der Waals surface area contributed by atoms with E-state index in [1.54, 1.807) is 6.07 Å². The molecule has 0 radical (unpaired) electrons. The third-order valence-corrected chi connectivity index (χ3v) is 6.25. The summed E-state index contributed by atoms with van der Waals surface area (Å²) in [5, 5.41) is 0.764. The van der Waals surface area contributed by atoms with E-state index in [0.717, 1.165) is 50.0 Å². The minimum Gasteiger partial charge on any atom is -0.334 e. The average Bonchev–Trinajstić information content (AvgIpc) is 3.26. The molecule has 33 heavy (non-hydrogen) atoms. The molecule has 1 amide bonds. The number of benzene rings is 2. The van der Waals surface area contributed by atoms with Gasteiger partial charge >= 0.3 is 0 Å². The van der Waals surface area contributed by atoms with Crippen molar-refractivity contribution in [2.75, 3.05) is 47.3 Å². The lowest BCUT2D eigenvalue weighted by Crippen LogP contribution is -2.43. The number of pyridine rings is 1. The number of likely N-dealkylation sites (tertiary alicyclic amines) is 1. The number of likely N-dealkylation sites (N-methyl/N-ethyl adjacent to an activating group) is 2. The fourth-order valence-corrected chi connectivity index (χ4v) is 4.43. The van der Waals surface area contributed by atoms with Crippen LogP contribution in [0.2, 0.25) is 0 Å². The molecule has 1 fully saturated rings. The van der Waals surface area contributed by atoms with Gasteiger partial charge in [-0.25, -0.2) is 13.8 Å². The average molecular weight is 453 g/mol. The molecule has 1 saturated heterocycles. The van der Waals surface area contributed by atoms with Crippen LogP contribution in [0.25, 0.3) is 22.2 Å². The van der Waals surface area contributed by atoms with E-state index in [1.807, 2.05) is 29.2 Å². The van der Waals surface area contributed by atoms with E-state index in [-0.39, 0.29) is 11.9 Å². The maximum Gasteiger partial charge on any atom is 0.254 e. The second kappa shape index (κ2) is 9.93. The van der Waals surface area contributed by atoms with Gasteiger partial charge in [0.2, 0.25) is 0 Å². The maximum atomic E-state index is 13.9. The van der Waals surface area contributed by atoms with Gasteiger partial charge in [-0.1, -0.05) is 18.2 Å². The maximum absolute atomic E-state index is 13.9. The summed E-state index contributed by atoms with van der Waals surface area (Å²) in [5.74, 6) is -1.88. The smallest absolute Gasteiger partial charge is 0.254 e. The van der Waals surface area contributed by atoms with E-state index in [9.17, 15) is 13.6 Å². The highest BCUT2D eigenvalue weighted by Gasteiger charge is 2.31. The first-order valence-electron chi connectivity index (χ1n) is 11.3. The Balaban J connectivity index is 1.66. The summed E-state index contributed by atoms with van der Waals surface area (Å²) in [4.78, 5) is 24.8. The lowest BCUT2D eigenvalue weighted by molar-refractivity contribution is 0.0709. The van der Waals surface area contributed by atoms with E-state index < -0.39 is 11.6 Å². The first kappa shape index (κ1) is 23.3. The Hall–Kier alpha value is -2.90. The van der Waals surface area contributed by atoms with E-state index in [0.29, 0.717) is 28.9 Å². The molecule has 0 saturated carbocycles. The Morgan fingerprint density at radius 2 is 1.85 bits per heavy atom. The number of nitrogens with zero attached hydrogens (tertiary/aromatic N) is 4. The number of amides is 1. The zero-order valence-electron chi connectivity index (χ0n) is 19.4. The van der Waals surface area contributed by atoms with Crippen molar-refractivity contribution in [3.63, 3.8) is 0 Å². The van der Waals surface area contributed by atoms with Gasteiger partial charge < -0.3 is 14.7 Å². The number of hydrogen-bond acceptors (Lipinski definition) is 4. The Bertz CT molecular complexity index is 1150. The van der Waals surface area contributed by atoms with Gasteiger partial charge in [0.1, 0.15) is 0 Å². The summed E-state index contributed by atoms with van der Waals surface area (Å²) in [5.41, 5.74) is 2.09. The molecule has 174 valence electrons. The van der Waals surface area contributed by atoms with Gasteiger partial charge in [-0.15, -0.1) is 0 Å². The van der Waals surface area contributed by atoms with Gasteiger partial charge in [-0.2, -0.15) is 0 Å². The molecule has 4 rings (SSSR count). The molecule has 5 nitrogen and oxygen atoms in total. The summed E-state index contributed by atoms with van der Waals surface area (Å²) in [7, 11) is 6.20. The van der Waals surface area contributed by atoms with E-state index in [4.69, 9.17) is 0 Å². The molecule has 0 N–H and O–H groups in total. The molecule has 0 bridgehead atoms. The van der Waals surface area contributed by atoms with Crippen molar-refractivity contribution in [1.29, 1.82) is 0 Å². The highest BCUT2D eigenvalue weighted by molar-refractivity contribution is 6.07. The second-order valence-electron chi connectivity index (χ2n) is 9.06. The molecule has 3 aromatic rings. The van der Waals surface area contributed by atoms with Gasteiger partial charge in [0.25, 0.3) is 5.91 Å². The van der Waals surface area contributed by atoms with Crippen molar-refractivity contribution in [2.24, 2.45) is 0 Å². The van der Waals surface area contributed by atoms with Crippen molar-refractivity contribution in [1.82, 2.24) is 19.7 Å². The number of para-hydroxylation sites is 1. The quantitative estimate of drug-likeness (QED) is 0.537. The molecule has 1 aliphatic heterocycles. The van der Waals surface area contributed by atoms with Gasteiger partial charge in [0.05, 0.1) is 16.8 Å². The predicted molar refractivity (Wildman–Crippen MR) is 127 cm³/mol. The number of fused-ring (bicyclic) bond motifs is 1. The highest BCUT2D eigenvalue weighted by Crippen LogP contribution is 2.29. The van der Waals surface area contributed by atoms with Crippen molar-refractivity contribution in [3.05, 3.63) is 65.7 Å². The van der Waals surface area contributed by atoms with Gasteiger partial charge in [0.15, 0.2) is 11.6 Å². The number of hydrogen-bond donors (Lipinski definition) is 0. The molecule has 2 aromatic carbocycles. The SMILES string of the molecule is CN(C)CCN(C)C[C@H]1CCCN1C(=O)c1cc(-c2ccc(F)c(F)c2)nc2ccccc12. The summed E-state index contributed by atoms with van der Waals surface area (Å²) in [6.45, 7) is 3.43. The van der Waals surface area contributed by atoms with Crippen molar-refractivity contribution in [3.8, 4) is 11.3 Å². The number of aromatic nitrogens is 1. The lowest BCUT2D eigenvalue weighted by atomic mass is 10.0. The number of carbonyl (C=O) groups is 1. The van der Waals surface area contributed by atoms with E-state index in [2.05, 4.69) is 35.9 Å². The molecule has 7 heteroatoms. The van der Waals surface area contributed by atoms with Crippen LogP contribution in [0.5, 0.6) is 0 Å². The van der Waals surface area contributed by atoms with Crippen LogP contribution in [0.1, 0.15) is 23.2 Å². The third kappa shape index (κ3) is 5.20. The topological polar surface area (TPSA) is 39.7 Å².